The van der Waals surface area contributed by atoms with Crippen LogP contribution in [-0.4, -0.2) is 5.91 Å². The lowest BCUT2D eigenvalue weighted by molar-refractivity contribution is -0.137. The predicted octanol–water partition coefficient (Wildman–Crippen LogP) is 4.52. The zero-order valence-electron chi connectivity index (χ0n) is 12.8. The molecule has 0 bridgehead atoms. The number of carbonyl (C=O) groups excluding carboxylic acids is 1. The molecule has 0 spiro atoms. The summed E-state index contributed by atoms with van der Waals surface area (Å²) in [5.74, 6) is -0.311. The van der Waals surface area contributed by atoms with Gasteiger partial charge in [-0.25, -0.2) is 0 Å². The number of hydrogen-bond acceptors (Lipinski definition) is 1. The van der Waals surface area contributed by atoms with E-state index in [1.54, 1.807) is 0 Å². The predicted molar refractivity (Wildman–Crippen MR) is 86.1 cm³/mol. The van der Waals surface area contributed by atoms with Crippen LogP contribution in [0.15, 0.2) is 54.6 Å². The average molecular weight is 331 g/mol. The minimum Gasteiger partial charge on any atom is -0.346 e. The van der Waals surface area contributed by atoms with Gasteiger partial charge in [0, 0.05) is 6.08 Å². The van der Waals surface area contributed by atoms with Crippen molar-refractivity contribution in [1.29, 1.82) is 0 Å². The zero-order chi connectivity index (χ0) is 17.2. The molecule has 0 radical (unpaired) electrons. The van der Waals surface area contributed by atoms with E-state index >= 15 is 0 Å². The molecule has 1 aliphatic carbocycles. The van der Waals surface area contributed by atoms with E-state index < -0.39 is 11.7 Å². The summed E-state index contributed by atoms with van der Waals surface area (Å²) in [6, 6.07) is 12.8. The van der Waals surface area contributed by atoms with Gasteiger partial charge in [0.1, 0.15) is 0 Å². The highest BCUT2D eigenvalue weighted by molar-refractivity contribution is 5.92. The molecule has 0 aliphatic heterocycles. The molecule has 2 aromatic carbocycles. The number of rotatable bonds is 3. The summed E-state index contributed by atoms with van der Waals surface area (Å²) in [5.41, 5.74) is 1.95. The van der Waals surface area contributed by atoms with E-state index in [1.165, 1.54) is 29.8 Å². The van der Waals surface area contributed by atoms with E-state index in [4.69, 9.17) is 0 Å². The maximum atomic E-state index is 12.7. The summed E-state index contributed by atoms with van der Waals surface area (Å²) in [6.07, 6.45) is 0.0302. The highest BCUT2D eigenvalue weighted by Gasteiger charge is 2.30. The molecular weight excluding hydrogens is 315 g/mol. The van der Waals surface area contributed by atoms with Crippen molar-refractivity contribution >= 4 is 12.0 Å². The largest absolute Gasteiger partial charge is 0.416 e. The van der Waals surface area contributed by atoms with Gasteiger partial charge in [0.15, 0.2) is 0 Å². The van der Waals surface area contributed by atoms with Gasteiger partial charge in [0.2, 0.25) is 5.91 Å². The van der Waals surface area contributed by atoms with Gasteiger partial charge in [-0.15, -0.1) is 0 Å². The number of halogens is 3. The van der Waals surface area contributed by atoms with Crippen LogP contribution in [0.4, 0.5) is 13.2 Å². The molecular formula is C19H16F3NO. The first-order valence-electron chi connectivity index (χ1n) is 7.67. The van der Waals surface area contributed by atoms with Crippen molar-refractivity contribution in [2.45, 2.75) is 25.1 Å². The van der Waals surface area contributed by atoms with Crippen molar-refractivity contribution < 1.29 is 18.0 Å². The molecule has 5 heteroatoms. The van der Waals surface area contributed by atoms with E-state index in [1.807, 2.05) is 24.3 Å². The molecule has 0 heterocycles. The van der Waals surface area contributed by atoms with Crippen LogP contribution >= 0.6 is 0 Å². The molecule has 2 nitrogen and oxygen atoms in total. The number of benzene rings is 2. The Morgan fingerprint density at radius 2 is 1.92 bits per heavy atom. The van der Waals surface area contributed by atoms with Crippen LogP contribution in [0.5, 0.6) is 0 Å². The second-order valence-corrected chi connectivity index (χ2v) is 5.76. The van der Waals surface area contributed by atoms with Crippen molar-refractivity contribution in [2.75, 3.05) is 0 Å². The van der Waals surface area contributed by atoms with Gasteiger partial charge in [-0.2, -0.15) is 13.2 Å². The number of hydrogen-bond donors (Lipinski definition) is 1. The molecule has 0 saturated carbocycles. The molecule has 3 rings (SSSR count). The molecule has 2 aromatic rings. The Morgan fingerprint density at radius 1 is 1.12 bits per heavy atom. The lowest BCUT2D eigenvalue weighted by Crippen LogP contribution is -2.25. The van der Waals surface area contributed by atoms with Gasteiger partial charge in [0.05, 0.1) is 11.6 Å². The van der Waals surface area contributed by atoms with Crippen LogP contribution in [0.25, 0.3) is 6.08 Å². The Hall–Kier alpha value is -2.56. The molecule has 0 aromatic heterocycles. The standard InChI is InChI=1S/C19H16F3NO/c20-19(21,22)15-6-3-4-13(12-15)8-11-18(24)23-17-10-9-14-5-1-2-7-16(14)17/h1-8,11-12,17H,9-10H2,(H,23,24)/b11-8+. The van der Waals surface area contributed by atoms with Gasteiger partial charge in [-0.05, 0) is 47.7 Å². The van der Waals surface area contributed by atoms with Gasteiger partial charge in [-0.1, -0.05) is 36.4 Å². The summed E-state index contributed by atoms with van der Waals surface area (Å²) in [4.78, 5) is 12.0. The monoisotopic (exact) mass is 331 g/mol. The van der Waals surface area contributed by atoms with Crippen molar-refractivity contribution in [3.8, 4) is 0 Å². The topological polar surface area (TPSA) is 29.1 Å². The fraction of sp³-hybridized carbons (Fsp3) is 0.211. The van der Waals surface area contributed by atoms with E-state index in [9.17, 15) is 18.0 Å². The van der Waals surface area contributed by atoms with Crippen LogP contribution in [0.2, 0.25) is 0 Å². The number of carbonyl (C=O) groups is 1. The summed E-state index contributed by atoms with van der Waals surface area (Å²) in [7, 11) is 0. The van der Waals surface area contributed by atoms with E-state index in [0.717, 1.165) is 30.5 Å². The Kier molecular flexibility index (Phi) is 4.42. The quantitative estimate of drug-likeness (QED) is 0.823. The van der Waals surface area contributed by atoms with Crippen LogP contribution in [0, 0.1) is 0 Å². The van der Waals surface area contributed by atoms with E-state index in [-0.39, 0.29) is 11.9 Å². The van der Waals surface area contributed by atoms with E-state index in [2.05, 4.69) is 5.32 Å². The number of amides is 1. The smallest absolute Gasteiger partial charge is 0.346 e. The van der Waals surface area contributed by atoms with Crippen LogP contribution in [0.3, 0.4) is 0 Å². The third kappa shape index (κ3) is 3.67. The molecule has 24 heavy (non-hydrogen) atoms. The molecule has 1 aliphatic rings. The second kappa shape index (κ2) is 6.51. The average Bonchev–Trinajstić information content (AvgIpc) is 2.96. The summed E-state index contributed by atoms with van der Waals surface area (Å²) >= 11 is 0. The normalized spacial score (nSPS) is 17.0. The minimum atomic E-state index is -4.39. The molecule has 1 amide bonds. The van der Waals surface area contributed by atoms with Crippen molar-refractivity contribution in [3.05, 3.63) is 76.9 Å². The molecule has 0 fully saturated rings. The Bertz CT molecular complexity index is 780. The first-order chi connectivity index (χ1) is 11.4. The summed E-state index contributed by atoms with van der Waals surface area (Å²) < 4.78 is 38.0. The molecule has 1 atom stereocenters. The fourth-order valence-electron chi connectivity index (χ4n) is 2.92. The van der Waals surface area contributed by atoms with Crippen LogP contribution in [0.1, 0.15) is 34.7 Å². The third-order valence-electron chi connectivity index (χ3n) is 4.09. The SMILES string of the molecule is O=C(/C=C/c1cccc(C(F)(F)F)c1)NC1CCc2ccccc21. The first kappa shape index (κ1) is 16.3. The Morgan fingerprint density at radius 3 is 2.71 bits per heavy atom. The summed E-state index contributed by atoms with van der Waals surface area (Å²) in [5, 5.41) is 2.90. The maximum Gasteiger partial charge on any atom is 0.416 e. The van der Waals surface area contributed by atoms with E-state index in [0.29, 0.717) is 5.56 Å². The van der Waals surface area contributed by atoms with Crippen molar-refractivity contribution in [1.82, 2.24) is 5.32 Å². The lowest BCUT2D eigenvalue weighted by Gasteiger charge is -2.12. The van der Waals surface area contributed by atoms with Crippen molar-refractivity contribution in [2.24, 2.45) is 0 Å². The molecule has 124 valence electrons. The zero-order valence-corrected chi connectivity index (χ0v) is 12.8. The second-order valence-electron chi connectivity index (χ2n) is 5.76. The number of nitrogens with one attached hydrogen (secondary N) is 1. The summed E-state index contributed by atoms with van der Waals surface area (Å²) in [6.45, 7) is 0. The lowest BCUT2D eigenvalue weighted by atomic mass is 10.1. The number of aryl methyl sites for hydroxylation is 1. The highest BCUT2D eigenvalue weighted by Crippen LogP contribution is 2.31. The fourth-order valence-corrected chi connectivity index (χ4v) is 2.92. The van der Waals surface area contributed by atoms with Gasteiger partial charge in [-0.3, -0.25) is 4.79 Å². The number of alkyl halides is 3. The minimum absolute atomic E-state index is 0.0418. The highest BCUT2D eigenvalue weighted by atomic mass is 19.4. The van der Waals surface area contributed by atoms with Gasteiger partial charge >= 0.3 is 6.18 Å². The Labute approximate surface area is 138 Å². The van der Waals surface area contributed by atoms with Gasteiger partial charge < -0.3 is 5.32 Å². The molecule has 1 unspecified atom stereocenters. The third-order valence-corrected chi connectivity index (χ3v) is 4.09. The van der Waals surface area contributed by atoms with Crippen LogP contribution < -0.4 is 5.32 Å². The first-order valence-corrected chi connectivity index (χ1v) is 7.67. The maximum absolute atomic E-state index is 12.7. The molecule has 1 N–H and O–H groups in total. The van der Waals surface area contributed by atoms with Crippen LogP contribution in [-0.2, 0) is 17.4 Å². The number of fused-ring (bicyclic) bond motifs is 1. The van der Waals surface area contributed by atoms with Crippen molar-refractivity contribution in [3.63, 3.8) is 0 Å². The van der Waals surface area contributed by atoms with Gasteiger partial charge in [0.25, 0.3) is 0 Å². The molecule has 0 saturated heterocycles. The Balaban J connectivity index is 1.67.